The lowest BCUT2D eigenvalue weighted by Gasteiger charge is -2.15. The van der Waals surface area contributed by atoms with E-state index in [4.69, 9.17) is 10.6 Å². The molecule has 0 aromatic heterocycles. The highest BCUT2D eigenvalue weighted by molar-refractivity contribution is 5.90. The minimum absolute atomic E-state index is 0.0513. The van der Waals surface area contributed by atoms with Gasteiger partial charge in [0.2, 0.25) is 0 Å². The fourth-order valence-corrected chi connectivity index (χ4v) is 2.84. The number of carboxylic acid groups (broad SMARTS) is 1. The molecule has 1 saturated carbocycles. The lowest BCUT2D eigenvalue weighted by Crippen LogP contribution is -2.18. The molecule has 1 fully saturated rings. The van der Waals surface area contributed by atoms with Crippen molar-refractivity contribution in [2.75, 3.05) is 0 Å². The van der Waals surface area contributed by atoms with Crippen LogP contribution >= 0.6 is 0 Å². The number of aliphatic hydroxyl groups is 1. The van der Waals surface area contributed by atoms with Crippen LogP contribution < -0.4 is 0 Å². The lowest BCUT2D eigenvalue weighted by atomic mass is 9.90. The Morgan fingerprint density at radius 2 is 2.04 bits per heavy atom. The summed E-state index contributed by atoms with van der Waals surface area (Å²) in [4.78, 5) is 34.8. The van der Waals surface area contributed by atoms with E-state index in [1.165, 1.54) is 12.2 Å². The van der Waals surface area contributed by atoms with Crippen LogP contribution in [0.15, 0.2) is 24.3 Å². The number of hydrogen-bond donors (Lipinski definition) is 2. The van der Waals surface area contributed by atoms with E-state index in [1.54, 1.807) is 6.08 Å². The standard InChI is InChI=1S/C20H30O5/c1-2-3-6-9-15(21)12-13-17-16(18(22)14-19(17)23)10-7-4-5-8-11-20(24)25/h4,7,12-13,16-17,19,23H,2-3,5-6,8-11,14H2,1H3,(H,24,25)/b7-4-,13-12+/t16-,17-,19-/m1/s1/i5D2,8D2. The number of carboxylic acids is 1. The summed E-state index contributed by atoms with van der Waals surface area (Å²) in [5.41, 5.74) is 0. The third kappa shape index (κ3) is 8.25. The number of allylic oxidation sites excluding steroid dienone is 3. The molecular formula is C20H30O5. The van der Waals surface area contributed by atoms with Gasteiger partial charge in [-0.25, -0.2) is 0 Å². The minimum Gasteiger partial charge on any atom is -0.481 e. The molecule has 1 aliphatic rings. The molecule has 0 saturated heterocycles. The predicted molar refractivity (Wildman–Crippen MR) is 96.1 cm³/mol. The lowest BCUT2D eigenvalue weighted by molar-refractivity contribution is -0.137. The van der Waals surface area contributed by atoms with Crippen molar-refractivity contribution in [3.05, 3.63) is 24.3 Å². The van der Waals surface area contributed by atoms with Gasteiger partial charge in [-0.15, -0.1) is 0 Å². The zero-order valence-corrected chi connectivity index (χ0v) is 14.6. The van der Waals surface area contributed by atoms with Gasteiger partial charge >= 0.3 is 5.97 Å². The van der Waals surface area contributed by atoms with Crippen LogP contribution in [0.5, 0.6) is 0 Å². The summed E-state index contributed by atoms with van der Waals surface area (Å²) in [6.45, 7) is 2.04. The van der Waals surface area contributed by atoms with E-state index in [0.717, 1.165) is 25.3 Å². The van der Waals surface area contributed by atoms with Gasteiger partial charge in [0.05, 0.1) is 6.10 Å². The number of aliphatic hydroxyl groups excluding tert-OH is 1. The first kappa shape index (κ1) is 15.5. The Labute approximate surface area is 155 Å². The Morgan fingerprint density at radius 1 is 1.28 bits per heavy atom. The van der Waals surface area contributed by atoms with E-state index < -0.39 is 43.1 Å². The Kier molecular flexibility index (Phi) is 7.28. The second-order valence-electron chi connectivity index (χ2n) is 6.23. The maximum absolute atomic E-state index is 12.2. The monoisotopic (exact) mass is 354 g/mol. The van der Waals surface area contributed by atoms with Crippen LogP contribution in [-0.2, 0) is 14.4 Å². The summed E-state index contributed by atoms with van der Waals surface area (Å²) >= 11 is 0. The number of carbonyl (C=O) groups excluding carboxylic acids is 2. The second-order valence-corrected chi connectivity index (χ2v) is 6.23. The van der Waals surface area contributed by atoms with E-state index in [-0.39, 0.29) is 24.4 Å². The molecule has 5 heteroatoms. The predicted octanol–water partition coefficient (Wildman–Crippen LogP) is 3.46. The second kappa shape index (κ2) is 11.7. The highest BCUT2D eigenvalue weighted by atomic mass is 16.4. The summed E-state index contributed by atoms with van der Waals surface area (Å²) in [5, 5.41) is 18.9. The zero-order chi connectivity index (χ0) is 22.2. The Morgan fingerprint density at radius 3 is 2.72 bits per heavy atom. The normalized spacial score (nSPS) is 27.3. The topological polar surface area (TPSA) is 91.7 Å². The molecule has 0 radical (unpaired) electrons. The average molecular weight is 354 g/mol. The van der Waals surface area contributed by atoms with Gasteiger partial charge in [0.25, 0.3) is 0 Å². The molecular weight excluding hydrogens is 320 g/mol. The van der Waals surface area contributed by atoms with Crippen LogP contribution in [-0.4, -0.2) is 33.9 Å². The van der Waals surface area contributed by atoms with E-state index in [9.17, 15) is 19.5 Å². The fraction of sp³-hybridized carbons (Fsp3) is 0.650. The van der Waals surface area contributed by atoms with Crippen molar-refractivity contribution in [1.29, 1.82) is 0 Å². The molecule has 2 N–H and O–H groups in total. The van der Waals surface area contributed by atoms with Gasteiger partial charge in [0.1, 0.15) is 5.78 Å². The van der Waals surface area contributed by atoms with Crippen LogP contribution in [0.1, 0.15) is 70.1 Å². The van der Waals surface area contributed by atoms with Crippen LogP contribution in [0.4, 0.5) is 0 Å². The molecule has 1 aliphatic carbocycles. The summed E-state index contributed by atoms with van der Waals surface area (Å²) in [6, 6.07) is 0. The Bertz CT molecular complexity index is 657. The Hall–Kier alpha value is -1.75. The summed E-state index contributed by atoms with van der Waals surface area (Å²) in [7, 11) is 0. The zero-order valence-electron chi connectivity index (χ0n) is 18.6. The molecule has 0 amide bonds. The van der Waals surface area contributed by atoms with Crippen molar-refractivity contribution < 1.29 is 30.1 Å². The minimum atomic E-state index is -2.61. The van der Waals surface area contributed by atoms with Crippen molar-refractivity contribution in [3.8, 4) is 0 Å². The number of carbonyl (C=O) groups is 3. The van der Waals surface area contributed by atoms with Gasteiger partial charge in [-0.1, -0.05) is 38.0 Å². The molecule has 3 atom stereocenters. The first-order valence-corrected chi connectivity index (χ1v) is 8.72. The smallest absolute Gasteiger partial charge is 0.303 e. The molecule has 0 aromatic carbocycles. The molecule has 0 spiro atoms. The van der Waals surface area contributed by atoms with Crippen molar-refractivity contribution in [2.45, 2.75) is 70.7 Å². The molecule has 1 rings (SSSR count). The van der Waals surface area contributed by atoms with Crippen LogP contribution in [0.2, 0.25) is 0 Å². The number of rotatable bonds is 12. The number of hydrogen-bond acceptors (Lipinski definition) is 4. The van der Waals surface area contributed by atoms with E-state index in [0.29, 0.717) is 6.42 Å². The molecule has 0 aliphatic heterocycles. The first-order chi connectivity index (χ1) is 13.4. The summed E-state index contributed by atoms with van der Waals surface area (Å²) < 4.78 is 30.9. The third-order valence-corrected chi connectivity index (χ3v) is 4.20. The quantitative estimate of drug-likeness (QED) is 0.318. The largest absolute Gasteiger partial charge is 0.481 e. The molecule has 0 aromatic rings. The van der Waals surface area contributed by atoms with E-state index >= 15 is 0 Å². The SMILES string of the molecule is [2H]C([2H])(/C=C\C[C@H]1C(=O)C[C@@H](O)[C@@H]1/C=C/C(=O)CCCCC)C([2H])([2H])CC(=O)O. The van der Waals surface area contributed by atoms with Crippen LogP contribution in [0.25, 0.3) is 0 Å². The van der Waals surface area contributed by atoms with Crippen molar-refractivity contribution in [3.63, 3.8) is 0 Å². The van der Waals surface area contributed by atoms with Gasteiger partial charge in [0.15, 0.2) is 5.78 Å². The number of unbranched alkanes of at least 4 members (excludes halogenated alkanes) is 2. The summed E-state index contributed by atoms with van der Waals surface area (Å²) in [5.74, 6) is -2.93. The van der Waals surface area contributed by atoms with Gasteiger partial charge in [-0.05, 0) is 31.7 Å². The van der Waals surface area contributed by atoms with Gasteiger partial charge in [-0.2, -0.15) is 0 Å². The van der Waals surface area contributed by atoms with Gasteiger partial charge in [0, 0.05) is 36.6 Å². The number of ketones is 2. The third-order valence-electron chi connectivity index (χ3n) is 4.20. The van der Waals surface area contributed by atoms with Gasteiger partial charge in [-0.3, -0.25) is 14.4 Å². The average Bonchev–Trinajstić information content (AvgIpc) is 2.85. The first-order valence-electron chi connectivity index (χ1n) is 10.7. The molecule has 0 heterocycles. The maximum atomic E-state index is 12.2. The maximum Gasteiger partial charge on any atom is 0.303 e. The summed E-state index contributed by atoms with van der Waals surface area (Å²) in [6.07, 6.45) is 1.28. The molecule has 0 unspecified atom stereocenters. The van der Waals surface area contributed by atoms with Crippen LogP contribution in [0.3, 0.4) is 0 Å². The van der Waals surface area contributed by atoms with E-state index in [2.05, 4.69) is 0 Å². The molecule has 5 nitrogen and oxygen atoms in total. The van der Waals surface area contributed by atoms with Crippen molar-refractivity contribution in [2.24, 2.45) is 11.8 Å². The van der Waals surface area contributed by atoms with Gasteiger partial charge < -0.3 is 10.2 Å². The number of Topliss-reactive ketones (excluding diaryl/α,β-unsaturated/α-hetero) is 1. The van der Waals surface area contributed by atoms with Crippen molar-refractivity contribution in [1.82, 2.24) is 0 Å². The highest BCUT2D eigenvalue weighted by Gasteiger charge is 2.39. The van der Waals surface area contributed by atoms with Crippen molar-refractivity contribution >= 4 is 17.5 Å². The fourth-order valence-electron chi connectivity index (χ4n) is 2.84. The molecule has 25 heavy (non-hydrogen) atoms. The highest BCUT2D eigenvalue weighted by Crippen LogP contribution is 2.33. The number of aliphatic carboxylic acids is 1. The van der Waals surface area contributed by atoms with E-state index in [1.807, 2.05) is 6.92 Å². The van der Waals surface area contributed by atoms with Crippen LogP contribution in [0, 0.1) is 11.8 Å². The molecule has 0 bridgehead atoms. The Balaban J connectivity index is 2.79. The molecule has 140 valence electrons.